The molecular formula is C15H19NO3. The molecule has 4 heteroatoms. The molecule has 1 aliphatic carbocycles. The third kappa shape index (κ3) is 2.59. The van der Waals surface area contributed by atoms with Crippen LogP contribution in [0.25, 0.3) is 0 Å². The molecule has 1 heterocycles. The number of rotatable bonds is 4. The molecule has 1 atom stereocenters. The number of fused-ring (bicyclic) bond motifs is 1. The Morgan fingerprint density at radius 1 is 1.47 bits per heavy atom. The molecule has 1 amide bonds. The molecule has 3 rings (SSSR count). The van der Waals surface area contributed by atoms with Crippen LogP contribution < -0.4 is 10.1 Å². The van der Waals surface area contributed by atoms with Gasteiger partial charge in [0.2, 0.25) is 5.91 Å². The van der Waals surface area contributed by atoms with Crippen molar-refractivity contribution in [3.05, 3.63) is 29.3 Å². The maximum absolute atomic E-state index is 11.7. The van der Waals surface area contributed by atoms with Crippen LogP contribution in [-0.2, 0) is 11.2 Å². The van der Waals surface area contributed by atoms with E-state index < -0.39 is 6.10 Å². The number of hydrogen-bond acceptors (Lipinski definition) is 3. The van der Waals surface area contributed by atoms with Crippen molar-refractivity contribution < 1.29 is 14.6 Å². The monoisotopic (exact) mass is 261 g/mol. The minimum absolute atomic E-state index is 0.0785. The van der Waals surface area contributed by atoms with E-state index in [0.717, 1.165) is 42.6 Å². The first-order valence-electron chi connectivity index (χ1n) is 6.95. The summed E-state index contributed by atoms with van der Waals surface area (Å²) in [4.78, 5) is 11.7. The Kier molecular flexibility index (Phi) is 3.42. The summed E-state index contributed by atoms with van der Waals surface area (Å²) in [6, 6.07) is 5.74. The summed E-state index contributed by atoms with van der Waals surface area (Å²) in [5.41, 5.74) is 1.99. The maximum atomic E-state index is 11.7. The molecule has 0 bridgehead atoms. The van der Waals surface area contributed by atoms with E-state index in [1.807, 2.05) is 18.2 Å². The summed E-state index contributed by atoms with van der Waals surface area (Å²) >= 11 is 0. The molecular weight excluding hydrogens is 242 g/mol. The van der Waals surface area contributed by atoms with Crippen LogP contribution in [-0.4, -0.2) is 24.2 Å². The van der Waals surface area contributed by atoms with E-state index in [0.29, 0.717) is 6.61 Å². The Hall–Kier alpha value is -1.55. The minimum atomic E-state index is -0.644. The zero-order chi connectivity index (χ0) is 13.2. The SMILES string of the molecule is O=C(NCC(O)c1ccc2c(c1)CCO2)C1CCC1. The molecule has 2 N–H and O–H groups in total. The van der Waals surface area contributed by atoms with Gasteiger partial charge in [0.1, 0.15) is 5.75 Å². The number of aliphatic hydroxyl groups is 1. The summed E-state index contributed by atoms with van der Waals surface area (Å²) in [7, 11) is 0. The number of amides is 1. The normalized spacial score (nSPS) is 19.2. The Labute approximate surface area is 112 Å². The maximum Gasteiger partial charge on any atom is 0.223 e. The predicted octanol–water partition coefficient (Wildman–Crippen LogP) is 1.57. The van der Waals surface area contributed by atoms with Crippen molar-refractivity contribution in [3.8, 4) is 5.75 Å². The molecule has 1 aromatic rings. The summed E-state index contributed by atoms with van der Waals surface area (Å²) in [6.07, 6.45) is 3.36. The number of nitrogens with one attached hydrogen (secondary N) is 1. The van der Waals surface area contributed by atoms with Gasteiger partial charge in [-0.15, -0.1) is 0 Å². The molecule has 0 spiro atoms. The van der Waals surface area contributed by atoms with Gasteiger partial charge in [-0.3, -0.25) is 4.79 Å². The fourth-order valence-corrected chi connectivity index (χ4v) is 2.54. The Morgan fingerprint density at radius 3 is 3.05 bits per heavy atom. The first-order valence-corrected chi connectivity index (χ1v) is 6.95. The van der Waals surface area contributed by atoms with Crippen LogP contribution in [0.15, 0.2) is 18.2 Å². The van der Waals surface area contributed by atoms with Crippen molar-refractivity contribution in [2.45, 2.75) is 31.8 Å². The van der Waals surface area contributed by atoms with Gasteiger partial charge in [-0.1, -0.05) is 12.5 Å². The Morgan fingerprint density at radius 2 is 2.32 bits per heavy atom. The van der Waals surface area contributed by atoms with Crippen LogP contribution >= 0.6 is 0 Å². The molecule has 1 fully saturated rings. The Bertz CT molecular complexity index is 482. The third-order valence-electron chi connectivity index (χ3n) is 4.04. The van der Waals surface area contributed by atoms with Crippen molar-refractivity contribution in [1.82, 2.24) is 5.32 Å². The fraction of sp³-hybridized carbons (Fsp3) is 0.533. The van der Waals surface area contributed by atoms with Crippen LogP contribution in [0.4, 0.5) is 0 Å². The highest BCUT2D eigenvalue weighted by Crippen LogP contribution is 2.28. The summed E-state index contributed by atoms with van der Waals surface area (Å²) in [5, 5.41) is 12.9. The first kappa shape index (κ1) is 12.5. The van der Waals surface area contributed by atoms with Gasteiger partial charge >= 0.3 is 0 Å². The number of hydrogen-bond donors (Lipinski definition) is 2. The topological polar surface area (TPSA) is 58.6 Å². The van der Waals surface area contributed by atoms with Crippen LogP contribution in [0.3, 0.4) is 0 Å². The van der Waals surface area contributed by atoms with Crippen LogP contribution in [0.5, 0.6) is 5.75 Å². The molecule has 0 aromatic heterocycles. The average molecular weight is 261 g/mol. The van der Waals surface area contributed by atoms with Crippen LogP contribution in [0.2, 0.25) is 0 Å². The number of benzene rings is 1. The lowest BCUT2D eigenvalue weighted by atomic mass is 9.85. The van der Waals surface area contributed by atoms with Gasteiger partial charge in [-0.25, -0.2) is 0 Å². The second kappa shape index (κ2) is 5.21. The van der Waals surface area contributed by atoms with Crippen molar-refractivity contribution in [2.24, 2.45) is 5.92 Å². The van der Waals surface area contributed by atoms with Crippen LogP contribution in [0.1, 0.15) is 36.5 Å². The highest BCUT2D eigenvalue weighted by molar-refractivity contribution is 5.79. The summed E-state index contributed by atoms with van der Waals surface area (Å²) in [6.45, 7) is 1.00. The van der Waals surface area contributed by atoms with Crippen molar-refractivity contribution in [1.29, 1.82) is 0 Å². The quantitative estimate of drug-likeness (QED) is 0.865. The molecule has 1 unspecified atom stereocenters. The second-order valence-corrected chi connectivity index (χ2v) is 5.35. The van der Waals surface area contributed by atoms with Gasteiger partial charge in [0, 0.05) is 18.9 Å². The van der Waals surface area contributed by atoms with Gasteiger partial charge in [0.15, 0.2) is 0 Å². The number of ether oxygens (including phenoxy) is 1. The molecule has 1 saturated carbocycles. The van der Waals surface area contributed by atoms with E-state index in [4.69, 9.17) is 4.74 Å². The minimum Gasteiger partial charge on any atom is -0.493 e. The molecule has 1 aliphatic heterocycles. The standard InChI is InChI=1S/C15H19NO3/c17-13(9-16-15(18)10-2-1-3-10)11-4-5-14-12(8-11)6-7-19-14/h4-5,8,10,13,17H,1-3,6-7,9H2,(H,16,18). The van der Waals surface area contributed by atoms with Gasteiger partial charge in [0.25, 0.3) is 0 Å². The third-order valence-corrected chi connectivity index (χ3v) is 4.04. The molecule has 4 nitrogen and oxygen atoms in total. The second-order valence-electron chi connectivity index (χ2n) is 5.35. The van der Waals surface area contributed by atoms with E-state index in [-0.39, 0.29) is 18.4 Å². The molecule has 0 saturated heterocycles. The van der Waals surface area contributed by atoms with E-state index in [1.54, 1.807) is 0 Å². The molecule has 2 aliphatic rings. The first-order chi connectivity index (χ1) is 9.24. The predicted molar refractivity (Wildman–Crippen MR) is 71.0 cm³/mol. The zero-order valence-electron chi connectivity index (χ0n) is 10.9. The summed E-state index contributed by atoms with van der Waals surface area (Å²) < 4.78 is 5.43. The zero-order valence-corrected chi connectivity index (χ0v) is 10.9. The number of carbonyl (C=O) groups is 1. The molecule has 19 heavy (non-hydrogen) atoms. The van der Waals surface area contributed by atoms with Crippen molar-refractivity contribution >= 4 is 5.91 Å². The molecule has 102 valence electrons. The van der Waals surface area contributed by atoms with Gasteiger partial charge in [-0.2, -0.15) is 0 Å². The fourth-order valence-electron chi connectivity index (χ4n) is 2.54. The van der Waals surface area contributed by atoms with E-state index in [1.165, 1.54) is 0 Å². The lowest BCUT2D eigenvalue weighted by Gasteiger charge is -2.24. The van der Waals surface area contributed by atoms with E-state index in [2.05, 4.69) is 5.32 Å². The largest absolute Gasteiger partial charge is 0.493 e. The smallest absolute Gasteiger partial charge is 0.223 e. The van der Waals surface area contributed by atoms with Crippen molar-refractivity contribution in [2.75, 3.05) is 13.2 Å². The lowest BCUT2D eigenvalue weighted by molar-refractivity contribution is -0.127. The highest BCUT2D eigenvalue weighted by Gasteiger charge is 2.25. The van der Waals surface area contributed by atoms with Gasteiger partial charge in [0.05, 0.1) is 12.7 Å². The lowest BCUT2D eigenvalue weighted by Crippen LogP contribution is -2.36. The van der Waals surface area contributed by atoms with Crippen LogP contribution in [0, 0.1) is 5.92 Å². The highest BCUT2D eigenvalue weighted by atomic mass is 16.5. The Balaban J connectivity index is 1.57. The number of aliphatic hydroxyl groups excluding tert-OH is 1. The average Bonchev–Trinajstić information content (AvgIpc) is 2.80. The van der Waals surface area contributed by atoms with Gasteiger partial charge in [-0.05, 0) is 36.1 Å². The number of carbonyl (C=O) groups excluding carboxylic acids is 1. The van der Waals surface area contributed by atoms with E-state index >= 15 is 0 Å². The molecule has 1 aromatic carbocycles. The van der Waals surface area contributed by atoms with E-state index in [9.17, 15) is 9.90 Å². The van der Waals surface area contributed by atoms with Gasteiger partial charge < -0.3 is 15.2 Å². The summed E-state index contributed by atoms with van der Waals surface area (Å²) in [5.74, 6) is 1.16. The molecule has 0 radical (unpaired) electrons. The van der Waals surface area contributed by atoms with Crippen molar-refractivity contribution in [3.63, 3.8) is 0 Å².